The van der Waals surface area contributed by atoms with Gasteiger partial charge in [-0.3, -0.25) is 9.78 Å². The van der Waals surface area contributed by atoms with E-state index in [1.165, 1.54) is 16.3 Å². The third kappa shape index (κ3) is 2.13. The molecule has 0 aliphatic heterocycles. The van der Waals surface area contributed by atoms with Gasteiger partial charge >= 0.3 is 0 Å². The van der Waals surface area contributed by atoms with E-state index in [-0.39, 0.29) is 5.78 Å². The molecule has 0 N–H and O–H groups in total. The standard InChI is InChI=1S/C20H16N2O/c1-13(23)14-4-3-5-15(10-14)16-6-7-19-18(11-16)17-8-9-21-12-20(17)22(19)2/h3-12H,1-2H3. The summed E-state index contributed by atoms with van der Waals surface area (Å²) >= 11 is 0. The van der Waals surface area contributed by atoms with Gasteiger partial charge in [0.1, 0.15) is 0 Å². The van der Waals surface area contributed by atoms with Crippen LogP contribution in [0.25, 0.3) is 32.9 Å². The molecule has 0 spiro atoms. The van der Waals surface area contributed by atoms with Crippen LogP contribution >= 0.6 is 0 Å². The zero-order chi connectivity index (χ0) is 16.0. The minimum atomic E-state index is 0.0872. The van der Waals surface area contributed by atoms with Gasteiger partial charge in [0, 0.05) is 35.1 Å². The van der Waals surface area contributed by atoms with E-state index < -0.39 is 0 Å². The number of ketones is 1. The van der Waals surface area contributed by atoms with Crippen molar-refractivity contribution in [2.75, 3.05) is 0 Å². The van der Waals surface area contributed by atoms with Crippen molar-refractivity contribution in [3.63, 3.8) is 0 Å². The predicted molar refractivity (Wildman–Crippen MR) is 93.7 cm³/mol. The Kier molecular flexibility index (Phi) is 3.01. The van der Waals surface area contributed by atoms with E-state index in [2.05, 4.69) is 34.8 Å². The van der Waals surface area contributed by atoms with Crippen LogP contribution in [0.1, 0.15) is 17.3 Å². The van der Waals surface area contributed by atoms with Crippen molar-refractivity contribution in [2.45, 2.75) is 6.92 Å². The first-order chi connectivity index (χ1) is 11.1. The van der Waals surface area contributed by atoms with Crippen LogP contribution in [0.2, 0.25) is 0 Å². The van der Waals surface area contributed by atoms with Crippen molar-refractivity contribution in [3.05, 3.63) is 66.5 Å². The van der Waals surface area contributed by atoms with Crippen LogP contribution in [0.4, 0.5) is 0 Å². The van der Waals surface area contributed by atoms with Crippen LogP contribution in [-0.4, -0.2) is 15.3 Å². The first kappa shape index (κ1) is 13.7. The van der Waals surface area contributed by atoms with Crippen LogP contribution < -0.4 is 0 Å². The Balaban J connectivity index is 1.97. The molecule has 4 aromatic rings. The third-order valence-electron chi connectivity index (χ3n) is 4.41. The van der Waals surface area contributed by atoms with Crippen LogP contribution in [0.3, 0.4) is 0 Å². The quantitative estimate of drug-likeness (QED) is 0.507. The van der Waals surface area contributed by atoms with Crippen molar-refractivity contribution in [1.82, 2.24) is 9.55 Å². The van der Waals surface area contributed by atoms with Crippen LogP contribution in [0.15, 0.2) is 60.9 Å². The second kappa shape index (κ2) is 5.06. The molecule has 0 saturated carbocycles. The monoisotopic (exact) mass is 300 g/mol. The number of aromatic nitrogens is 2. The highest BCUT2D eigenvalue weighted by Crippen LogP contribution is 2.31. The average Bonchev–Trinajstić information content (AvgIpc) is 2.88. The highest BCUT2D eigenvalue weighted by molar-refractivity contribution is 6.09. The van der Waals surface area contributed by atoms with E-state index in [0.29, 0.717) is 0 Å². The van der Waals surface area contributed by atoms with Crippen LogP contribution in [0, 0.1) is 0 Å². The fourth-order valence-corrected chi connectivity index (χ4v) is 3.15. The number of carbonyl (C=O) groups excluding carboxylic acids is 1. The fraction of sp³-hybridized carbons (Fsp3) is 0.100. The summed E-state index contributed by atoms with van der Waals surface area (Å²) in [6, 6.07) is 16.3. The molecule has 0 radical (unpaired) electrons. The van der Waals surface area contributed by atoms with Crippen LogP contribution in [-0.2, 0) is 7.05 Å². The number of fused-ring (bicyclic) bond motifs is 3. The summed E-state index contributed by atoms with van der Waals surface area (Å²) in [5.74, 6) is 0.0872. The van der Waals surface area contributed by atoms with Gasteiger partial charge in [-0.25, -0.2) is 0 Å². The third-order valence-corrected chi connectivity index (χ3v) is 4.41. The number of rotatable bonds is 2. The number of pyridine rings is 1. The van der Waals surface area contributed by atoms with Gasteiger partial charge in [-0.2, -0.15) is 0 Å². The van der Waals surface area contributed by atoms with Gasteiger partial charge in [0.15, 0.2) is 5.78 Å². The molecule has 0 unspecified atom stereocenters. The summed E-state index contributed by atoms with van der Waals surface area (Å²) in [6.45, 7) is 1.60. The molecule has 0 amide bonds. The zero-order valence-electron chi connectivity index (χ0n) is 13.1. The summed E-state index contributed by atoms with van der Waals surface area (Å²) < 4.78 is 2.16. The van der Waals surface area contributed by atoms with Gasteiger partial charge in [0.25, 0.3) is 0 Å². The minimum absolute atomic E-state index is 0.0872. The fourth-order valence-electron chi connectivity index (χ4n) is 3.15. The highest BCUT2D eigenvalue weighted by atomic mass is 16.1. The summed E-state index contributed by atoms with van der Waals surface area (Å²) in [5.41, 5.74) is 5.22. The molecule has 2 aromatic carbocycles. The second-order valence-corrected chi connectivity index (χ2v) is 5.82. The number of hydrogen-bond acceptors (Lipinski definition) is 2. The summed E-state index contributed by atoms with van der Waals surface area (Å²) in [7, 11) is 2.06. The van der Waals surface area contributed by atoms with E-state index in [9.17, 15) is 4.79 Å². The van der Waals surface area contributed by atoms with Crippen molar-refractivity contribution < 1.29 is 4.79 Å². The molecule has 3 heteroatoms. The van der Waals surface area contributed by atoms with Crippen LogP contribution in [0.5, 0.6) is 0 Å². The number of hydrogen-bond donors (Lipinski definition) is 0. The summed E-state index contributed by atoms with van der Waals surface area (Å²) in [5, 5.41) is 2.40. The molecule has 0 aliphatic carbocycles. The van der Waals surface area contributed by atoms with Crippen molar-refractivity contribution in [2.24, 2.45) is 7.05 Å². The molecule has 23 heavy (non-hydrogen) atoms. The Morgan fingerprint density at radius 1 is 0.957 bits per heavy atom. The lowest BCUT2D eigenvalue weighted by Gasteiger charge is -2.05. The SMILES string of the molecule is CC(=O)c1cccc(-c2ccc3c(c2)c2ccncc2n3C)c1. The van der Waals surface area contributed by atoms with Gasteiger partial charge in [-0.1, -0.05) is 24.3 Å². The Hall–Kier alpha value is -2.94. The maximum absolute atomic E-state index is 11.6. The molecule has 0 saturated heterocycles. The first-order valence-electron chi connectivity index (χ1n) is 7.59. The molecule has 2 aromatic heterocycles. The van der Waals surface area contributed by atoms with E-state index >= 15 is 0 Å². The molecule has 0 fully saturated rings. The Morgan fingerprint density at radius 2 is 1.78 bits per heavy atom. The molecule has 0 bridgehead atoms. The largest absolute Gasteiger partial charge is 0.342 e. The normalized spacial score (nSPS) is 11.2. The molecular weight excluding hydrogens is 284 g/mol. The van der Waals surface area contributed by atoms with Gasteiger partial charge in [0.2, 0.25) is 0 Å². The minimum Gasteiger partial charge on any atom is -0.342 e. The molecule has 0 atom stereocenters. The number of aryl methyl sites for hydroxylation is 1. The molecule has 112 valence electrons. The first-order valence-corrected chi connectivity index (χ1v) is 7.59. The van der Waals surface area contributed by atoms with E-state index in [1.807, 2.05) is 42.7 Å². The van der Waals surface area contributed by atoms with Crippen molar-refractivity contribution >= 4 is 27.6 Å². The number of Topliss-reactive ketones (excluding diaryl/α,β-unsaturated/α-hetero) is 1. The lowest BCUT2D eigenvalue weighted by Crippen LogP contribution is -1.91. The number of nitrogens with zero attached hydrogens (tertiary/aromatic N) is 2. The number of benzene rings is 2. The molecule has 3 nitrogen and oxygen atoms in total. The predicted octanol–water partition coefficient (Wildman–Crippen LogP) is 4.60. The van der Waals surface area contributed by atoms with Crippen molar-refractivity contribution in [1.29, 1.82) is 0 Å². The molecular formula is C20H16N2O. The average molecular weight is 300 g/mol. The van der Waals surface area contributed by atoms with Gasteiger partial charge in [0.05, 0.1) is 11.7 Å². The van der Waals surface area contributed by atoms with Gasteiger partial charge in [-0.05, 0) is 42.3 Å². The molecule has 4 rings (SSSR count). The summed E-state index contributed by atoms with van der Waals surface area (Å²) in [6.07, 6.45) is 3.72. The Bertz CT molecular complexity index is 1060. The zero-order valence-corrected chi connectivity index (χ0v) is 13.1. The Morgan fingerprint density at radius 3 is 2.61 bits per heavy atom. The van der Waals surface area contributed by atoms with Gasteiger partial charge < -0.3 is 4.57 Å². The number of carbonyl (C=O) groups is 1. The lowest BCUT2D eigenvalue weighted by molar-refractivity contribution is 0.101. The maximum atomic E-state index is 11.6. The maximum Gasteiger partial charge on any atom is 0.159 e. The van der Waals surface area contributed by atoms with Crippen molar-refractivity contribution in [3.8, 4) is 11.1 Å². The van der Waals surface area contributed by atoms with Gasteiger partial charge in [-0.15, -0.1) is 0 Å². The molecule has 0 aliphatic rings. The highest BCUT2D eigenvalue weighted by Gasteiger charge is 2.10. The summed E-state index contributed by atoms with van der Waals surface area (Å²) in [4.78, 5) is 15.8. The smallest absolute Gasteiger partial charge is 0.159 e. The second-order valence-electron chi connectivity index (χ2n) is 5.82. The lowest BCUT2D eigenvalue weighted by atomic mass is 10.00. The van der Waals surface area contributed by atoms with E-state index in [1.54, 1.807) is 6.92 Å². The topological polar surface area (TPSA) is 34.9 Å². The van der Waals surface area contributed by atoms with E-state index in [4.69, 9.17) is 0 Å². The Labute approximate surface area is 134 Å². The molecule has 2 heterocycles. The van der Waals surface area contributed by atoms with E-state index in [0.717, 1.165) is 22.2 Å².